The molecule has 2 aromatic heterocycles. The van der Waals surface area contributed by atoms with Gasteiger partial charge in [-0.3, -0.25) is 14.2 Å². The highest BCUT2D eigenvalue weighted by Gasteiger charge is 2.29. The topological polar surface area (TPSA) is 97.8 Å². The van der Waals surface area contributed by atoms with Crippen LogP contribution in [0.5, 0.6) is 0 Å². The van der Waals surface area contributed by atoms with Crippen LogP contribution < -0.4 is 5.56 Å². The number of carbonyl (C=O) groups excluding carboxylic acids is 1. The van der Waals surface area contributed by atoms with E-state index in [1.54, 1.807) is 18.9 Å². The molecule has 0 spiro atoms. The molecular weight excluding hydrogens is 326 g/mol. The van der Waals surface area contributed by atoms with E-state index in [4.69, 9.17) is 9.15 Å². The summed E-state index contributed by atoms with van der Waals surface area (Å²) in [4.78, 5) is 31.6. The van der Waals surface area contributed by atoms with Crippen molar-refractivity contribution in [3.63, 3.8) is 0 Å². The van der Waals surface area contributed by atoms with Gasteiger partial charge in [-0.25, -0.2) is 4.98 Å². The number of furan rings is 1. The van der Waals surface area contributed by atoms with Crippen molar-refractivity contribution in [3.8, 4) is 0 Å². The Labute approximate surface area is 145 Å². The van der Waals surface area contributed by atoms with Crippen molar-refractivity contribution in [2.24, 2.45) is 0 Å². The van der Waals surface area contributed by atoms with Crippen molar-refractivity contribution >= 4 is 17.0 Å². The lowest BCUT2D eigenvalue weighted by Crippen LogP contribution is -2.40. The molecule has 2 aromatic rings. The smallest absolute Gasteiger partial charge is 0.265 e. The minimum absolute atomic E-state index is 0.186. The van der Waals surface area contributed by atoms with Gasteiger partial charge in [0.05, 0.1) is 11.7 Å². The van der Waals surface area contributed by atoms with Crippen molar-refractivity contribution < 1.29 is 19.1 Å². The molecule has 136 valence electrons. The predicted octanol–water partition coefficient (Wildman–Crippen LogP) is 0.931. The summed E-state index contributed by atoms with van der Waals surface area (Å²) in [5.41, 5.74) is 0.189. The third-order valence-electron chi connectivity index (χ3n) is 4.57. The minimum Gasteiger partial charge on any atom is -0.442 e. The standard InChI is InChI=1S/C17H23N3O5/c1-11-13(16(22)19-7-4-12(21)5-8-19)14-15(25-11)18-10-20(17(14)23)6-3-9-24-2/h10,12,21H,3-9H2,1-2H3. The van der Waals surface area contributed by atoms with Crippen LogP contribution in [0.3, 0.4) is 0 Å². The van der Waals surface area contributed by atoms with E-state index in [0.29, 0.717) is 51.3 Å². The lowest BCUT2D eigenvalue weighted by molar-refractivity contribution is 0.0546. The fourth-order valence-electron chi connectivity index (χ4n) is 3.16. The van der Waals surface area contributed by atoms with E-state index in [1.807, 2.05) is 0 Å². The molecule has 3 heterocycles. The number of hydrogen-bond donors (Lipinski definition) is 1. The van der Waals surface area contributed by atoms with E-state index in [-0.39, 0.29) is 34.2 Å². The predicted molar refractivity (Wildman–Crippen MR) is 90.6 cm³/mol. The van der Waals surface area contributed by atoms with Gasteiger partial charge in [0.1, 0.15) is 17.5 Å². The Morgan fingerprint density at radius 3 is 2.84 bits per heavy atom. The van der Waals surface area contributed by atoms with Crippen LogP contribution in [0.1, 0.15) is 35.4 Å². The van der Waals surface area contributed by atoms with Crippen LogP contribution in [0.2, 0.25) is 0 Å². The Morgan fingerprint density at radius 1 is 1.44 bits per heavy atom. The monoisotopic (exact) mass is 349 g/mol. The molecule has 8 heteroatoms. The van der Waals surface area contributed by atoms with Crippen LogP contribution in [0.4, 0.5) is 0 Å². The number of likely N-dealkylation sites (tertiary alicyclic amines) is 1. The SMILES string of the molecule is COCCCn1cnc2oc(C)c(C(=O)N3CCC(O)CC3)c2c1=O. The zero-order valence-corrected chi connectivity index (χ0v) is 14.5. The van der Waals surface area contributed by atoms with Crippen LogP contribution in [0.15, 0.2) is 15.5 Å². The average molecular weight is 349 g/mol. The zero-order chi connectivity index (χ0) is 18.0. The fourth-order valence-corrected chi connectivity index (χ4v) is 3.16. The van der Waals surface area contributed by atoms with Gasteiger partial charge < -0.3 is 19.2 Å². The number of amides is 1. The van der Waals surface area contributed by atoms with Crippen molar-refractivity contribution in [1.82, 2.24) is 14.5 Å². The number of methoxy groups -OCH3 is 1. The maximum Gasteiger partial charge on any atom is 0.265 e. The first-order chi connectivity index (χ1) is 12.0. The summed E-state index contributed by atoms with van der Waals surface area (Å²) >= 11 is 0. The molecule has 0 aromatic carbocycles. The molecule has 8 nitrogen and oxygen atoms in total. The summed E-state index contributed by atoms with van der Waals surface area (Å²) < 4.78 is 12.0. The van der Waals surface area contributed by atoms with Crippen LogP contribution >= 0.6 is 0 Å². The lowest BCUT2D eigenvalue weighted by atomic mass is 10.1. The number of rotatable bonds is 5. The second-order valence-electron chi connectivity index (χ2n) is 6.33. The van der Waals surface area contributed by atoms with Gasteiger partial charge in [-0.2, -0.15) is 0 Å². The number of carbonyl (C=O) groups is 1. The third-order valence-corrected chi connectivity index (χ3v) is 4.57. The van der Waals surface area contributed by atoms with Gasteiger partial charge >= 0.3 is 0 Å². The van der Waals surface area contributed by atoms with Gasteiger partial charge in [-0.15, -0.1) is 0 Å². The summed E-state index contributed by atoms with van der Waals surface area (Å²) in [6.45, 7) is 3.60. The Kier molecular flexibility index (Phi) is 5.19. The first-order valence-corrected chi connectivity index (χ1v) is 8.47. The molecule has 1 aliphatic rings. The largest absolute Gasteiger partial charge is 0.442 e. The van der Waals surface area contributed by atoms with Gasteiger partial charge in [0, 0.05) is 33.4 Å². The molecule has 1 saturated heterocycles. The van der Waals surface area contributed by atoms with E-state index in [0.717, 1.165) is 0 Å². The number of hydrogen-bond acceptors (Lipinski definition) is 6. The van der Waals surface area contributed by atoms with Crippen molar-refractivity contribution in [3.05, 3.63) is 28.0 Å². The number of fused-ring (bicyclic) bond motifs is 1. The first kappa shape index (κ1) is 17.6. The summed E-state index contributed by atoms with van der Waals surface area (Å²) in [5, 5.41) is 9.85. The summed E-state index contributed by atoms with van der Waals surface area (Å²) in [7, 11) is 1.61. The third kappa shape index (κ3) is 3.45. The highest BCUT2D eigenvalue weighted by Crippen LogP contribution is 2.24. The van der Waals surface area contributed by atoms with Crippen LogP contribution in [0, 0.1) is 6.92 Å². The lowest BCUT2D eigenvalue weighted by Gasteiger charge is -2.29. The van der Waals surface area contributed by atoms with Gasteiger partial charge in [0.2, 0.25) is 5.71 Å². The van der Waals surface area contributed by atoms with E-state index in [2.05, 4.69) is 4.98 Å². The summed E-state index contributed by atoms with van der Waals surface area (Å²) in [6, 6.07) is 0. The number of nitrogens with zero attached hydrogens (tertiary/aromatic N) is 3. The van der Waals surface area contributed by atoms with Gasteiger partial charge in [-0.1, -0.05) is 0 Å². The minimum atomic E-state index is -0.370. The van der Waals surface area contributed by atoms with Crippen LogP contribution in [-0.4, -0.2) is 58.4 Å². The molecular formula is C17H23N3O5. The molecule has 0 saturated carbocycles. The molecule has 1 N–H and O–H groups in total. The van der Waals surface area contributed by atoms with E-state index in [9.17, 15) is 14.7 Å². The number of aliphatic hydroxyl groups excluding tert-OH is 1. The number of aromatic nitrogens is 2. The van der Waals surface area contributed by atoms with E-state index >= 15 is 0 Å². The summed E-state index contributed by atoms with van der Waals surface area (Å²) in [5.74, 6) is 0.155. The van der Waals surface area contributed by atoms with Crippen LogP contribution in [0.25, 0.3) is 11.1 Å². The first-order valence-electron chi connectivity index (χ1n) is 8.47. The second-order valence-corrected chi connectivity index (χ2v) is 6.33. The van der Waals surface area contributed by atoms with Crippen molar-refractivity contribution in [2.75, 3.05) is 26.8 Å². The molecule has 0 aliphatic carbocycles. The van der Waals surface area contributed by atoms with E-state index < -0.39 is 0 Å². The van der Waals surface area contributed by atoms with E-state index in [1.165, 1.54) is 10.9 Å². The maximum absolute atomic E-state index is 12.9. The maximum atomic E-state index is 12.9. The Balaban J connectivity index is 1.96. The van der Waals surface area contributed by atoms with Gasteiger partial charge in [0.15, 0.2) is 0 Å². The Hall–Kier alpha value is -2.19. The van der Waals surface area contributed by atoms with Crippen molar-refractivity contribution in [1.29, 1.82) is 0 Å². The second kappa shape index (κ2) is 7.37. The van der Waals surface area contributed by atoms with Gasteiger partial charge in [-0.05, 0) is 26.2 Å². The highest BCUT2D eigenvalue weighted by atomic mass is 16.5. The quantitative estimate of drug-likeness (QED) is 0.807. The molecule has 1 amide bonds. The molecule has 0 bridgehead atoms. The molecule has 1 fully saturated rings. The average Bonchev–Trinajstić information content (AvgIpc) is 2.94. The molecule has 0 radical (unpaired) electrons. The molecule has 3 rings (SSSR count). The highest BCUT2D eigenvalue weighted by molar-refractivity contribution is 6.06. The normalized spacial score (nSPS) is 15.9. The number of piperidine rings is 1. The number of ether oxygens (including phenoxy) is 1. The molecule has 0 atom stereocenters. The van der Waals surface area contributed by atoms with Crippen LogP contribution in [-0.2, 0) is 11.3 Å². The molecule has 1 aliphatic heterocycles. The number of aliphatic hydroxyl groups is 1. The fraction of sp³-hybridized carbons (Fsp3) is 0.588. The molecule has 25 heavy (non-hydrogen) atoms. The Bertz CT molecular complexity index is 818. The Morgan fingerprint density at radius 2 is 2.16 bits per heavy atom. The zero-order valence-electron chi connectivity index (χ0n) is 14.5. The summed E-state index contributed by atoms with van der Waals surface area (Å²) in [6.07, 6.45) is 2.83. The number of aryl methyl sites for hydroxylation is 2. The van der Waals surface area contributed by atoms with Crippen molar-refractivity contribution in [2.45, 2.75) is 38.8 Å². The molecule has 0 unspecified atom stereocenters. The van der Waals surface area contributed by atoms with Gasteiger partial charge in [0.25, 0.3) is 11.5 Å².